The first-order chi connectivity index (χ1) is 14.9. The summed E-state index contributed by atoms with van der Waals surface area (Å²) in [7, 11) is 1.39. The smallest absolute Gasteiger partial charge is 0.433 e. The van der Waals surface area contributed by atoms with Crippen LogP contribution in [0.15, 0.2) is 35.5 Å². The Kier molecular flexibility index (Phi) is 6.45. The number of aliphatic imine (C=N–C) groups is 1. The molecule has 1 aliphatic carbocycles. The minimum absolute atomic E-state index is 0.0589. The Morgan fingerprint density at radius 1 is 1.31 bits per heavy atom. The maximum Gasteiger partial charge on any atom is 0.433 e. The highest BCUT2D eigenvalue weighted by Gasteiger charge is 2.38. The van der Waals surface area contributed by atoms with Gasteiger partial charge in [0.05, 0.1) is 24.4 Å². The van der Waals surface area contributed by atoms with Gasteiger partial charge in [-0.3, -0.25) is 14.8 Å². The summed E-state index contributed by atoms with van der Waals surface area (Å²) in [4.78, 5) is 20.3. The number of nitrogens with one attached hydrogen (secondary N) is 1. The van der Waals surface area contributed by atoms with Crippen LogP contribution < -0.4 is 15.8 Å². The number of rotatable bonds is 6. The van der Waals surface area contributed by atoms with Crippen molar-refractivity contribution in [3.05, 3.63) is 47.3 Å². The van der Waals surface area contributed by atoms with Crippen LogP contribution in [0.5, 0.6) is 5.75 Å². The van der Waals surface area contributed by atoms with Crippen LogP contribution in [0.3, 0.4) is 0 Å². The van der Waals surface area contributed by atoms with Crippen molar-refractivity contribution >= 4 is 23.5 Å². The van der Waals surface area contributed by atoms with E-state index in [1.165, 1.54) is 19.2 Å². The summed E-state index contributed by atoms with van der Waals surface area (Å²) in [6, 6.07) is 4.98. The second-order valence-corrected chi connectivity index (χ2v) is 8.32. The van der Waals surface area contributed by atoms with E-state index in [1.54, 1.807) is 26.1 Å². The highest BCUT2D eigenvalue weighted by atomic mass is 19.4. The van der Waals surface area contributed by atoms with E-state index in [0.29, 0.717) is 17.3 Å². The summed E-state index contributed by atoms with van der Waals surface area (Å²) >= 11 is 0. The zero-order valence-electron chi connectivity index (χ0n) is 17.9. The van der Waals surface area contributed by atoms with Gasteiger partial charge in [-0.15, -0.1) is 0 Å². The van der Waals surface area contributed by atoms with Crippen LogP contribution in [0.4, 0.5) is 24.5 Å². The first-order valence-corrected chi connectivity index (χ1v) is 9.96. The molecular weight excluding hydrogens is 425 g/mol. The molecular formula is C22H25F3N4O3. The molecule has 1 amide bonds. The van der Waals surface area contributed by atoms with Crippen LogP contribution >= 0.6 is 0 Å². The van der Waals surface area contributed by atoms with E-state index in [9.17, 15) is 23.1 Å². The van der Waals surface area contributed by atoms with Crippen molar-refractivity contribution < 1.29 is 27.8 Å². The van der Waals surface area contributed by atoms with Crippen LogP contribution in [-0.4, -0.2) is 41.0 Å². The largest absolute Gasteiger partial charge is 0.494 e. The fourth-order valence-electron chi connectivity index (χ4n) is 3.38. The Morgan fingerprint density at radius 2 is 2.00 bits per heavy atom. The highest BCUT2D eigenvalue weighted by Crippen LogP contribution is 2.38. The minimum atomic E-state index is -4.66. The lowest BCUT2D eigenvalue weighted by atomic mass is 9.71. The van der Waals surface area contributed by atoms with Crippen molar-refractivity contribution in [1.29, 1.82) is 0 Å². The van der Waals surface area contributed by atoms with E-state index in [0.717, 1.165) is 19.0 Å². The number of alkyl halides is 3. The summed E-state index contributed by atoms with van der Waals surface area (Å²) < 4.78 is 43.9. The number of aliphatic hydroxyl groups is 1. The average molecular weight is 450 g/mol. The van der Waals surface area contributed by atoms with Gasteiger partial charge in [-0.2, -0.15) is 13.2 Å². The molecule has 1 saturated carbocycles. The van der Waals surface area contributed by atoms with Crippen LogP contribution in [-0.2, 0) is 6.18 Å². The molecule has 0 bridgehead atoms. The minimum Gasteiger partial charge on any atom is -0.494 e. The molecule has 3 rings (SSSR count). The molecule has 7 nitrogen and oxygen atoms in total. The molecule has 1 aromatic heterocycles. The van der Waals surface area contributed by atoms with E-state index in [4.69, 9.17) is 10.5 Å². The SMILES string of the molecule is COc1cc(N)c(C=NC2CC(C(C)(C)O)C2)cc1NC(=O)c1ccnc(C(F)(F)F)c1. The molecule has 172 valence electrons. The van der Waals surface area contributed by atoms with Crippen molar-refractivity contribution in [2.75, 3.05) is 18.2 Å². The van der Waals surface area contributed by atoms with E-state index in [-0.39, 0.29) is 29.0 Å². The predicted octanol–water partition coefficient (Wildman–Crippen LogP) is 3.91. The average Bonchev–Trinajstić information content (AvgIpc) is 2.67. The summed E-state index contributed by atoms with van der Waals surface area (Å²) in [5.41, 5.74) is 5.08. The van der Waals surface area contributed by atoms with Gasteiger partial charge in [0.15, 0.2) is 0 Å². The first kappa shape index (κ1) is 23.5. The highest BCUT2D eigenvalue weighted by molar-refractivity contribution is 6.06. The Labute approximate surface area is 183 Å². The normalized spacial score (nSPS) is 19.0. The van der Waals surface area contributed by atoms with Gasteiger partial charge in [-0.05, 0) is 50.8 Å². The number of nitrogens with two attached hydrogens (primary N) is 1. The van der Waals surface area contributed by atoms with Crippen LogP contribution in [0.1, 0.15) is 48.3 Å². The lowest BCUT2D eigenvalue weighted by Gasteiger charge is -2.40. The van der Waals surface area contributed by atoms with E-state index in [1.807, 2.05) is 0 Å². The molecule has 1 fully saturated rings. The topological polar surface area (TPSA) is 110 Å². The number of anilines is 2. The number of nitrogen functional groups attached to an aromatic ring is 1. The van der Waals surface area contributed by atoms with Crippen molar-refractivity contribution in [3.8, 4) is 5.75 Å². The molecule has 0 unspecified atom stereocenters. The zero-order valence-corrected chi connectivity index (χ0v) is 17.9. The molecule has 0 spiro atoms. The fourth-order valence-corrected chi connectivity index (χ4v) is 3.38. The quantitative estimate of drug-likeness (QED) is 0.457. The monoisotopic (exact) mass is 450 g/mol. The summed E-state index contributed by atoms with van der Waals surface area (Å²) in [6.07, 6.45) is -0.642. The van der Waals surface area contributed by atoms with Crippen molar-refractivity contribution in [1.82, 2.24) is 4.98 Å². The molecule has 1 aromatic carbocycles. The van der Waals surface area contributed by atoms with Gasteiger partial charge in [-0.1, -0.05) is 0 Å². The predicted molar refractivity (Wildman–Crippen MR) is 115 cm³/mol. The molecule has 0 atom stereocenters. The fraction of sp³-hybridized carbons (Fsp3) is 0.409. The first-order valence-electron chi connectivity index (χ1n) is 9.96. The number of ether oxygens (including phenoxy) is 1. The maximum atomic E-state index is 12.9. The molecule has 4 N–H and O–H groups in total. The summed E-state index contributed by atoms with van der Waals surface area (Å²) in [6.45, 7) is 3.54. The summed E-state index contributed by atoms with van der Waals surface area (Å²) in [5, 5.41) is 12.6. The number of methoxy groups -OCH3 is 1. The molecule has 10 heteroatoms. The molecule has 1 heterocycles. The molecule has 0 radical (unpaired) electrons. The van der Waals surface area contributed by atoms with Gasteiger partial charge >= 0.3 is 6.18 Å². The second kappa shape index (κ2) is 8.78. The number of amides is 1. The standard InChI is InChI=1S/C22H25F3N4O3/c1-21(2,31)14-8-15(9-14)28-11-13-6-17(18(32-3)10-16(13)26)29-20(30)12-4-5-27-19(7-12)22(23,24)25/h4-7,10-11,14-15,31H,8-9,26H2,1-3H3,(H,29,30). The lowest BCUT2D eigenvalue weighted by molar-refractivity contribution is -0.141. The summed E-state index contributed by atoms with van der Waals surface area (Å²) in [5.74, 6) is -0.325. The van der Waals surface area contributed by atoms with Gasteiger partial charge in [0, 0.05) is 35.3 Å². The number of aromatic nitrogens is 1. The van der Waals surface area contributed by atoms with Gasteiger partial charge in [-0.25, -0.2) is 0 Å². The maximum absolute atomic E-state index is 12.9. The van der Waals surface area contributed by atoms with Gasteiger partial charge in [0.25, 0.3) is 5.91 Å². The van der Waals surface area contributed by atoms with Crippen molar-refractivity contribution in [3.63, 3.8) is 0 Å². The van der Waals surface area contributed by atoms with Crippen LogP contribution in [0.2, 0.25) is 0 Å². The number of hydrogen-bond donors (Lipinski definition) is 3. The van der Waals surface area contributed by atoms with E-state index < -0.39 is 23.4 Å². The third-order valence-corrected chi connectivity index (χ3v) is 5.50. The molecule has 32 heavy (non-hydrogen) atoms. The van der Waals surface area contributed by atoms with Gasteiger partial charge < -0.3 is 20.9 Å². The Bertz CT molecular complexity index is 1030. The molecule has 0 aliphatic heterocycles. The number of benzene rings is 1. The second-order valence-electron chi connectivity index (χ2n) is 8.32. The van der Waals surface area contributed by atoms with E-state index in [2.05, 4.69) is 15.3 Å². The Morgan fingerprint density at radius 3 is 2.59 bits per heavy atom. The number of carbonyl (C=O) groups excluding carboxylic acids is 1. The van der Waals surface area contributed by atoms with E-state index >= 15 is 0 Å². The molecule has 0 saturated heterocycles. The number of hydrogen-bond acceptors (Lipinski definition) is 6. The number of carbonyl (C=O) groups is 1. The third-order valence-electron chi connectivity index (χ3n) is 5.50. The molecule has 1 aliphatic rings. The molecule has 2 aromatic rings. The van der Waals surface area contributed by atoms with Crippen molar-refractivity contribution in [2.24, 2.45) is 10.9 Å². The number of pyridine rings is 1. The Hall–Kier alpha value is -3.14. The third kappa shape index (κ3) is 5.37. The van der Waals surface area contributed by atoms with Crippen molar-refractivity contribution in [2.45, 2.75) is 44.5 Å². The van der Waals surface area contributed by atoms with Crippen LogP contribution in [0, 0.1) is 5.92 Å². The zero-order chi connectivity index (χ0) is 23.7. The van der Waals surface area contributed by atoms with Gasteiger partial charge in [0.1, 0.15) is 11.4 Å². The van der Waals surface area contributed by atoms with Gasteiger partial charge in [0.2, 0.25) is 0 Å². The Balaban J connectivity index is 1.78. The lowest BCUT2D eigenvalue weighted by Crippen LogP contribution is -2.42. The number of halogens is 3. The number of nitrogens with zero attached hydrogens (tertiary/aromatic N) is 2. The van der Waals surface area contributed by atoms with Crippen LogP contribution in [0.25, 0.3) is 0 Å².